The summed E-state index contributed by atoms with van der Waals surface area (Å²) in [6, 6.07) is 8.79. The van der Waals surface area contributed by atoms with Gasteiger partial charge in [-0.15, -0.1) is 44.0 Å². The minimum absolute atomic E-state index is 0. The van der Waals surface area contributed by atoms with E-state index in [0.717, 1.165) is 84.7 Å². The molecule has 72 heavy (non-hydrogen) atoms. The van der Waals surface area contributed by atoms with Crippen molar-refractivity contribution in [1.82, 2.24) is 49.1 Å². The monoisotopic (exact) mass is 974 g/mol. The van der Waals surface area contributed by atoms with Crippen molar-refractivity contribution in [3.8, 4) is 35.1 Å². The first-order valence-electron chi connectivity index (χ1n) is 18.3. The van der Waals surface area contributed by atoms with Gasteiger partial charge in [-0.3, -0.25) is 0 Å². The van der Waals surface area contributed by atoms with Crippen molar-refractivity contribution in [3.05, 3.63) is 93.1 Å². The summed E-state index contributed by atoms with van der Waals surface area (Å²) in [6.07, 6.45) is 3.21. The Kier molecular flexibility index (Phi) is 21.6. The van der Waals surface area contributed by atoms with Gasteiger partial charge in [0, 0.05) is 0 Å². The summed E-state index contributed by atoms with van der Waals surface area (Å²) in [7, 11) is 0. The number of rotatable bonds is 14. The van der Waals surface area contributed by atoms with Gasteiger partial charge in [0.15, 0.2) is 40.5 Å². The zero-order chi connectivity index (χ0) is 48.6. The Morgan fingerprint density at radius 2 is 1.04 bits per heavy atom. The maximum absolute atomic E-state index is 13.1. The van der Waals surface area contributed by atoms with E-state index in [4.69, 9.17) is 18.0 Å². The average Bonchev–Trinajstić information content (AvgIpc) is 4.02. The number of carboxylic acids is 4. The number of thioether (sulfide) groups is 2. The van der Waals surface area contributed by atoms with Gasteiger partial charge in [-0.05, 0) is 97.0 Å². The fourth-order valence-electron chi connectivity index (χ4n) is 6.17. The molecule has 336 valence electrons. The Morgan fingerprint density at radius 1 is 0.625 bits per heavy atom. The molecule has 0 fully saturated rings. The summed E-state index contributed by atoms with van der Waals surface area (Å²) >= 11 is 2.07. The molecule has 0 aliphatic carbocycles. The summed E-state index contributed by atoms with van der Waals surface area (Å²) in [5, 5.41) is 104. The van der Waals surface area contributed by atoms with Crippen molar-refractivity contribution in [3.63, 3.8) is 0 Å². The number of azo groups is 2. The van der Waals surface area contributed by atoms with Gasteiger partial charge in [-0.2, -0.15) is 40.0 Å². The number of carboxylic acid groups (broad SMARTS) is 4. The molecule has 4 N–H and O–H groups in total. The second-order valence-electron chi connectivity index (χ2n) is 13.4. The first kappa shape index (κ1) is 61.6. The topological polar surface area (TPSA) is 410 Å². The van der Waals surface area contributed by atoms with Crippen LogP contribution >= 0.6 is 23.5 Å². The van der Waals surface area contributed by atoms with Gasteiger partial charge in [-0.25, -0.2) is 19.2 Å². The van der Waals surface area contributed by atoms with Crippen LogP contribution in [-0.4, -0.2) is 85.5 Å². The molecule has 7 rings (SSSR count). The Hall–Kier alpha value is -6.49. The van der Waals surface area contributed by atoms with Gasteiger partial charge in [-0.1, -0.05) is 0 Å². The van der Waals surface area contributed by atoms with Gasteiger partial charge in [0.25, 0.3) is 11.6 Å². The van der Waals surface area contributed by atoms with Crippen molar-refractivity contribution in [2.75, 3.05) is 24.0 Å². The Balaban J connectivity index is 0.00000355. The SMILES string of the molecule is [C-]#[N+]c1c(SC)nn(-c2cc(C(=O)[O-])cc(C(=O)[O-])c2)c1N=Nc1c(C)nn(-c2cc([O-])nc(-n3nc(C)c(N=Nc4c(C#N)c(SC)nn4-c4cc(C(=O)[O-])cc(C(=O)[O-])c4)c3N)n2)c1N.[Li+].[Li+].[Li+].[Li+].[Li+]. The third-order valence-electron chi connectivity index (χ3n) is 9.21. The number of aromatic carboxylic acids is 4. The third-order valence-corrected chi connectivity index (χ3v) is 10.5. The maximum Gasteiger partial charge on any atom is 1.00 e. The van der Waals surface area contributed by atoms with E-state index < -0.39 is 58.0 Å². The van der Waals surface area contributed by atoms with Crippen LogP contribution in [0.4, 0.5) is 40.3 Å². The Labute approximate surface area is 473 Å². The van der Waals surface area contributed by atoms with E-state index in [2.05, 4.69) is 55.7 Å². The molecule has 0 aliphatic rings. The zero-order valence-electron chi connectivity index (χ0n) is 39.3. The number of nitrogens with zero attached hydrogens (tertiary/aromatic N) is 16. The summed E-state index contributed by atoms with van der Waals surface area (Å²) in [5.74, 6) is -9.27. The molecule has 0 bridgehead atoms. The van der Waals surface area contributed by atoms with Crippen molar-refractivity contribution in [2.45, 2.75) is 23.9 Å². The number of aromatic nitrogens is 10. The molecule has 7 aromatic rings. The first-order chi connectivity index (χ1) is 31.9. The molecule has 0 spiro atoms. The zero-order valence-corrected chi connectivity index (χ0v) is 41.0. The minimum atomic E-state index is -1.70. The number of nitrogen functional groups attached to an aromatic ring is 2. The van der Waals surface area contributed by atoms with Crippen LogP contribution in [0.1, 0.15) is 58.4 Å². The van der Waals surface area contributed by atoms with Crippen LogP contribution in [0.5, 0.6) is 5.88 Å². The van der Waals surface area contributed by atoms with Crippen LogP contribution in [0.25, 0.3) is 28.0 Å². The number of hydrogen-bond donors (Lipinski definition) is 2. The quantitative estimate of drug-likeness (QED) is 0.0442. The molecule has 0 atom stereocenters. The molecule has 34 heteroatoms. The predicted molar refractivity (Wildman–Crippen MR) is 221 cm³/mol. The van der Waals surface area contributed by atoms with Crippen LogP contribution in [0.3, 0.4) is 0 Å². The van der Waals surface area contributed by atoms with Crippen LogP contribution in [-0.2, 0) is 0 Å². The van der Waals surface area contributed by atoms with Gasteiger partial charge >= 0.3 is 94.3 Å². The molecular formula is C38H23Li5N18O9S2. The van der Waals surface area contributed by atoms with Gasteiger partial charge < -0.3 is 56.2 Å². The van der Waals surface area contributed by atoms with Crippen LogP contribution in [0.2, 0.25) is 0 Å². The Bertz CT molecular complexity index is 3150. The predicted octanol–water partition coefficient (Wildman–Crippen LogP) is -14.8. The van der Waals surface area contributed by atoms with Crippen molar-refractivity contribution in [2.24, 2.45) is 20.5 Å². The van der Waals surface area contributed by atoms with Gasteiger partial charge in [0.05, 0.1) is 53.2 Å². The smallest absolute Gasteiger partial charge is 0.858 e. The second kappa shape index (κ2) is 25.2. The fourth-order valence-corrected chi connectivity index (χ4v) is 7.17. The fraction of sp³-hybridized carbons (Fsp3) is 0.105. The molecule has 2 aromatic carbocycles. The van der Waals surface area contributed by atoms with E-state index in [1.54, 1.807) is 12.5 Å². The van der Waals surface area contributed by atoms with E-state index in [0.29, 0.717) is 0 Å². The second-order valence-corrected chi connectivity index (χ2v) is 14.9. The number of nitrogens with two attached hydrogens (primary N) is 2. The number of carbonyl (C=O) groups is 4. The molecule has 0 unspecified atom stereocenters. The molecule has 0 amide bonds. The van der Waals surface area contributed by atoms with E-state index in [1.807, 2.05) is 6.07 Å². The summed E-state index contributed by atoms with van der Waals surface area (Å²) < 4.78 is 3.97. The van der Waals surface area contributed by atoms with Crippen molar-refractivity contribution < 1.29 is 139 Å². The van der Waals surface area contributed by atoms with E-state index in [9.17, 15) is 50.0 Å². The minimum Gasteiger partial charge on any atom is -0.858 e. The van der Waals surface area contributed by atoms with Crippen LogP contribution in [0, 0.1) is 31.8 Å². The molecule has 0 radical (unpaired) electrons. The molecule has 5 aromatic heterocycles. The maximum atomic E-state index is 13.1. The van der Waals surface area contributed by atoms with Gasteiger partial charge in [0.1, 0.15) is 21.7 Å². The molecule has 0 aliphatic heterocycles. The summed E-state index contributed by atoms with van der Waals surface area (Å²) in [5.41, 5.74) is 10.3. The molecular weight excluding hydrogens is 951 g/mol. The number of carbonyl (C=O) groups excluding carboxylic acids is 4. The summed E-state index contributed by atoms with van der Waals surface area (Å²) in [6.45, 7) is 10.8. The molecule has 27 nitrogen and oxygen atoms in total. The molecule has 5 heterocycles. The van der Waals surface area contributed by atoms with Crippen molar-refractivity contribution >= 4 is 87.7 Å². The number of nitriles is 1. The average molecular weight is 975 g/mol. The molecule has 0 saturated heterocycles. The van der Waals surface area contributed by atoms with Crippen LogP contribution in [0.15, 0.2) is 73.0 Å². The Morgan fingerprint density at radius 3 is 1.47 bits per heavy atom. The van der Waals surface area contributed by atoms with E-state index in [1.165, 1.54) is 13.8 Å². The summed E-state index contributed by atoms with van der Waals surface area (Å²) in [4.78, 5) is 58.7. The van der Waals surface area contributed by atoms with Gasteiger partial charge in [0.2, 0.25) is 0 Å². The van der Waals surface area contributed by atoms with Crippen molar-refractivity contribution in [1.29, 1.82) is 5.26 Å². The van der Waals surface area contributed by atoms with E-state index >= 15 is 0 Å². The standard InChI is InChI=1S/C38H28N18O9S2.5Li/c1-14-25(46-48-31-27(42-3)33(67-5)52-54(31)21-10-18(36(62)63)7-19(11-21)37(64)65)28(40)55(49-14)23-12-24(57)44-38(43-23)56-29(41)26(15(2)50-56)45-47-30-22(13-39)32(66-4)51-53(30)20-8-16(34(58)59)6-17(9-20)35(60)61;;;;;/h6-12H,40-41H2,1-2,4-5H3,(H,58,59)(H,60,61)(H,62,63)(H,64,65)(H,43,44,57);;;;;/q;5*+1/p-5. The first-order valence-corrected chi connectivity index (χ1v) is 20.7. The molecule has 0 saturated carbocycles. The number of aryl methyl sites for hydroxylation is 2. The normalized spacial score (nSPS) is 10.5. The largest absolute Gasteiger partial charge is 1.00 e. The third kappa shape index (κ3) is 12.0. The van der Waals surface area contributed by atoms with Crippen LogP contribution < -0.4 is 131 Å². The number of benzene rings is 2. The number of anilines is 2. The number of hydrogen-bond acceptors (Lipinski definition) is 24. The van der Waals surface area contributed by atoms with E-state index in [-0.39, 0.29) is 179 Å².